The summed E-state index contributed by atoms with van der Waals surface area (Å²) in [5, 5.41) is 2.66. The summed E-state index contributed by atoms with van der Waals surface area (Å²) in [5.74, 6) is -0.521. The van der Waals surface area contributed by atoms with Gasteiger partial charge in [0.15, 0.2) is 0 Å². The van der Waals surface area contributed by atoms with Crippen LogP contribution in [0.5, 0.6) is 0 Å². The molecule has 0 bridgehead atoms. The van der Waals surface area contributed by atoms with Gasteiger partial charge in [0.1, 0.15) is 0 Å². The average Bonchev–Trinajstić information content (AvgIpc) is 2.61. The van der Waals surface area contributed by atoms with Crippen LogP contribution >= 0.6 is 0 Å². The van der Waals surface area contributed by atoms with Gasteiger partial charge in [0.25, 0.3) is 15.9 Å². The number of rotatable bonds is 7. The minimum Gasteiger partial charge on any atom is -0.352 e. The molecule has 2 rings (SSSR count). The van der Waals surface area contributed by atoms with Crippen LogP contribution in [0.15, 0.2) is 47.4 Å². The number of hydrogen-bond acceptors (Lipinski definition) is 4. The lowest BCUT2D eigenvalue weighted by Crippen LogP contribution is -2.30. The van der Waals surface area contributed by atoms with Crippen LogP contribution < -0.4 is 10.0 Å². The standard InChI is InChI=1S/C20H25N3O4S/c1-14-6-5-7-16(12-14)22-28(26,27)17-9-8-15(2)18(13-17)20(25)21-11-10-19(24)23(3)4/h5-9,12-13,22H,10-11H2,1-4H3,(H,21,25). The van der Waals surface area contributed by atoms with E-state index in [4.69, 9.17) is 0 Å². The zero-order valence-corrected chi connectivity index (χ0v) is 17.3. The number of benzene rings is 2. The van der Waals surface area contributed by atoms with Crippen LogP contribution in [0.2, 0.25) is 0 Å². The van der Waals surface area contributed by atoms with E-state index in [9.17, 15) is 18.0 Å². The first kappa shape index (κ1) is 21.4. The summed E-state index contributed by atoms with van der Waals surface area (Å²) in [5.41, 5.74) is 2.28. The molecule has 8 heteroatoms. The fraction of sp³-hybridized carbons (Fsp3) is 0.300. The van der Waals surface area contributed by atoms with Crippen LogP contribution in [0.25, 0.3) is 0 Å². The van der Waals surface area contributed by atoms with E-state index in [1.54, 1.807) is 45.3 Å². The Hall–Kier alpha value is -2.87. The second kappa shape index (κ2) is 8.88. The van der Waals surface area contributed by atoms with E-state index in [2.05, 4.69) is 10.0 Å². The summed E-state index contributed by atoms with van der Waals surface area (Å²) in [4.78, 5) is 25.5. The monoisotopic (exact) mass is 403 g/mol. The van der Waals surface area contributed by atoms with Crippen molar-refractivity contribution in [1.29, 1.82) is 0 Å². The molecule has 0 aromatic heterocycles. The lowest BCUT2D eigenvalue weighted by atomic mass is 10.1. The molecule has 0 unspecified atom stereocenters. The quantitative estimate of drug-likeness (QED) is 0.742. The van der Waals surface area contributed by atoms with E-state index in [1.807, 2.05) is 13.0 Å². The Bertz CT molecular complexity index is 985. The van der Waals surface area contributed by atoms with Crippen molar-refractivity contribution in [3.8, 4) is 0 Å². The molecule has 0 saturated carbocycles. The van der Waals surface area contributed by atoms with Crippen molar-refractivity contribution in [3.63, 3.8) is 0 Å². The van der Waals surface area contributed by atoms with E-state index in [-0.39, 0.29) is 29.3 Å². The van der Waals surface area contributed by atoms with Gasteiger partial charge in [0, 0.05) is 38.3 Å². The fourth-order valence-electron chi connectivity index (χ4n) is 2.54. The van der Waals surface area contributed by atoms with E-state index >= 15 is 0 Å². The molecule has 28 heavy (non-hydrogen) atoms. The normalized spacial score (nSPS) is 11.0. The van der Waals surface area contributed by atoms with Gasteiger partial charge in [-0.3, -0.25) is 14.3 Å². The fourth-order valence-corrected chi connectivity index (χ4v) is 3.61. The number of carbonyl (C=O) groups is 2. The van der Waals surface area contributed by atoms with E-state index in [0.717, 1.165) is 5.56 Å². The lowest BCUT2D eigenvalue weighted by Gasteiger charge is -2.13. The van der Waals surface area contributed by atoms with Crippen molar-refractivity contribution < 1.29 is 18.0 Å². The zero-order chi connectivity index (χ0) is 20.9. The highest BCUT2D eigenvalue weighted by Crippen LogP contribution is 2.20. The highest BCUT2D eigenvalue weighted by molar-refractivity contribution is 7.92. The van der Waals surface area contributed by atoms with Gasteiger partial charge in [0.2, 0.25) is 5.91 Å². The maximum Gasteiger partial charge on any atom is 0.261 e. The van der Waals surface area contributed by atoms with Crippen LogP contribution in [0.1, 0.15) is 27.9 Å². The van der Waals surface area contributed by atoms with Crippen molar-refractivity contribution in [2.75, 3.05) is 25.4 Å². The Morgan fingerprint density at radius 2 is 1.75 bits per heavy atom. The SMILES string of the molecule is Cc1cccc(NS(=O)(=O)c2ccc(C)c(C(=O)NCCC(=O)N(C)C)c2)c1. The molecule has 0 fully saturated rings. The molecule has 2 amide bonds. The van der Waals surface area contributed by atoms with Gasteiger partial charge < -0.3 is 10.2 Å². The molecule has 0 aliphatic heterocycles. The molecule has 2 aromatic rings. The summed E-state index contributed by atoms with van der Waals surface area (Å²) in [6.45, 7) is 3.77. The number of sulfonamides is 1. The van der Waals surface area contributed by atoms with Gasteiger partial charge in [0.05, 0.1) is 4.90 Å². The molecule has 0 atom stereocenters. The Morgan fingerprint density at radius 1 is 1.04 bits per heavy atom. The molecule has 0 aliphatic carbocycles. The van der Waals surface area contributed by atoms with Crippen LogP contribution in [0.3, 0.4) is 0 Å². The van der Waals surface area contributed by atoms with Crippen LogP contribution in [0.4, 0.5) is 5.69 Å². The molecule has 2 N–H and O–H groups in total. The first-order chi connectivity index (χ1) is 13.1. The second-order valence-electron chi connectivity index (χ2n) is 6.75. The van der Waals surface area contributed by atoms with Crippen molar-refractivity contribution in [1.82, 2.24) is 10.2 Å². The van der Waals surface area contributed by atoms with Crippen molar-refractivity contribution >= 4 is 27.5 Å². The highest BCUT2D eigenvalue weighted by Gasteiger charge is 2.18. The van der Waals surface area contributed by atoms with Gasteiger partial charge in [-0.25, -0.2) is 8.42 Å². The van der Waals surface area contributed by atoms with E-state index in [1.165, 1.54) is 17.0 Å². The molecular weight excluding hydrogens is 378 g/mol. The summed E-state index contributed by atoms with van der Waals surface area (Å²) >= 11 is 0. The molecule has 150 valence electrons. The minimum absolute atomic E-state index is 0.00544. The third-order valence-electron chi connectivity index (χ3n) is 4.16. The third-order valence-corrected chi connectivity index (χ3v) is 5.54. The molecule has 7 nitrogen and oxygen atoms in total. The number of hydrogen-bond donors (Lipinski definition) is 2. The van der Waals surface area contributed by atoms with Gasteiger partial charge in [-0.2, -0.15) is 0 Å². The van der Waals surface area contributed by atoms with Crippen molar-refractivity contribution in [2.24, 2.45) is 0 Å². The molecule has 0 spiro atoms. The van der Waals surface area contributed by atoms with Gasteiger partial charge >= 0.3 is 0 Å². The first-order valence-electron chi connectivity index (χ1n) is 8.78. The van der Waals surface area contributed by atoms with E-state index < -0.39 is 15.9 Å². The topological polar surface area (TPSA) is 95.6 Å². The van der Waals surface area contributed by atoms with Crippen molar-refractivity contribution in [3.05, 3.63) is 59.2 Å². The highest BCUT2D eigenvalue weighted by atomic mass is 32.2. The van der Waals surface area contributed by atoms with Gasteiger partial charge in [-0.05, 0) is 49.2 Å². The van der Waals surface area contributed by atoms with E-state index in [0.29, 0.717) is 11.3 Å². The number of amides is 2. The number of carbonyl (C=O) groups excluding carboxylic acids is 2. The number of anilines is 1. The maximum atomic E-state index is 12.7. The summed E-state index contributed by atoms with van der Waals surface area (Å²) in [6.07, 6.45) is 0.171. The first-order valence-corrected chi connectivity index (χ1v) is 10.3. The minimum atomic E-state index is -3.84. The Morgan fingerprint density at radius 3 is 2.39 bits per heavy atom. The number of nitrogens with zero attached hydrogens (tertiary/aromatic N) is 1. The summed E-state index contributed by atoms with van der Waals surface area (Å²) < 4.78 is 27.9. The Balaban J connectivity index is 2.17. The van der Waals surface area contributed by atoms with Gasteiger partial charge in [-0.15, -0.1) is 0 Å². The molecular formula is C20H25N3O4S. The molecule has 0 radical (unpaired) electrons. The smallest absolute Gasteiger partial charge is 0.261 e. The molecule has 0 heterocycles. The van der Waals surface area contributed by atoms with Crippen LogP contribution in [0, 0.1) is 13.8 Å². The predicted octanol–water partition coefficient (Wildman–Crippen LogP) is 2.31. The number of aryl methyl sites for hydroxylation is 2. The zero-order valence-electron chi connectivity index (χ0n) is 16.4. The molecule has 0 saturated heterocycles. The maximum absolute atomic E-state index is 12.7. The van der Waals surface area contributed by atoms with Gasteiger partial charge in [-0.1, -0.05) is 18.2 Å². The average molecular weight is 404 g/mol. The Labute approximate surface area is 165 Å². The Kier molecular flexibility index (Phi) is 6.80. The van der Waals surface area contributed by atoms with Crippen LogP contribution in [-0.2, 0) is 14.8 Å². The third kappa shape index (κ3) is 5.56. The number of nitrogens with one attached hydrogen (secondary N) is 2. The van der Waals surface area contributed by atoms with Crippen LogP contribution in [-0.4, -0.2) is 45.8 Å². The molecule has 0 aliphatic rings. The van der Waals surface area contributed by atoms with Crippen molar-refractivity contribution in [2.45, 2.75) is 25.2 Å². The summed E-state index contributed by atoms with van der Waals surface area (Å²) in [7, 11) is -0.553. The lowest BCUT2D eigenvalue weighted by molar-refractivity contribution is -0.128. The predicted molar refractivity (Wildman–Crippen MR) is 109 cm³/mol. The largest absolute Gasteiger partial charge is 0.352 e. The summed E-state index contributed by atoms with van der Waals surface area (Å²) in [6, 6.07) is 11.4. The second-order valence-corrected chi connectivity index (χ2v) is 8.43. The molecule has 2 aromatic carbocycles.